The second-order valence-corrected chi connectivity index (χ2v) is 6.84. The van der Waals surface area contributed by atoms with Crippen LogP contribution in [0.1, 0.15) is 44.0 Å². The maximum atomic E-state index is 12.0. The van der Waals surface area contributed by atoms with Crippen molar-refractivity contribution in [2.75, 3.05) is 0 Å². The van der Waals surface area contributed by atoms with Gasteiger partial charge in [0.15, 0.2) is 0 Å². The van der Waals surface area contributed by atoms with Crippen LogP contribution in [0.25, 0.3) is 10.9 Å². The van der Waals surface area contributed by atoms with Gasteiger partial charge >= 0.3 is 6.03 Å². The third-order valence-electron chi connectivity index (χ3n) is 3.89. The molecule has 1 heterocycles. The van der Waals surface area contributed by atoms with Crippen molar-refractivity contribution in [2.45, 2.75) is 45.2 Å². The standard InChI is InChI=1S/C16H20BrN3O.ClH/c1-9(2)18-16(21)20-14-5-3-4-11-12-8-10(17)6-7-13(12)19-15(11)14;/h6-9,14,19H,3-5H2,1-2H3,(H2,18,20,21);1H. The number of benzene rings is 1. The van der Waals surface area contributed by atoms with E-state index in [0.717, 1.165) is 34.9 Å². The van der Waals surface area contributed by atoms with E-state index in [4.69, 9.17) is 0 Å². The summed E-state index contributed by atoms with van der Waals surface area (Å²) < 4.78 is 1.09. The van der Waals surface area contributed by atoms with Crippen LogP contribution in [0.2, 0.25) is 0 Å². The molecule has 6 heteroatoms. The first-order valence-electron chi connectivity index (χ1n) is 7.41. The number of fused-ring (bicyclic) bond motifs is 3. The molecule has 3 N–H and O–H groups in total. The Morgan fingerprint density at radius 3 is 2.91 bits per heavy atom. The van der Waals surface area contributed by atoms with Crippen LogP contribution in [0.15, 0.2) is 22.7 Å². The van der Waals surface area contributed by atoms with Gasteiger partial charge in [0.05, 0.1) is 6.04 Å². The Bertz CT molecular complexity index is 683. The third-order valence-corrected chi connectivity index (χ3v) is 4.39. The number of carbonyl (C=O) groups excluding carboxylic acids is 1. The highest BCUT2D eigenvalue weighted by Gasteiger charge is 2.25. The molecule has 2 aromatic rings. The van der Waals surface area contributed by atoms with Gasteiger partial charge in [-0.3, -0.25) is 0 Å². The Balaban J connectivity index is 0.00000176. The van der Waals surface area contributed by atoms with Gasteiger partial charge in [0.25, 0.3) is 0 Å². The lowest BCUT2D eigenvalue weighted by Gasteiger charge is -2.24. The molecule has 0 spiro atoms. The Morgan fingerprint density at radius 1 is 1.41 bits per heavy atom. The average molecular weight is 387 g/mol. The molecule has 1 aromatic carbocycles. The van der Waals surface area contributed by atoms with Gasteiger partial charge in [-0.05, 0) is 56.9 Å². The van der Waals surface area contributed by atoms with Crippen LogP contribution in [-0.2, 0) is 6.42 Å². The number of hydrogen-bond donors (Lipinski definition) is 3. The zero-order valence-corrected chi connectivity index (χ0v) is 15.1. The molecule has 2 amide bonds. The minimum atomic E-state index is -0.0947. The van der Waals surface area contributed by atoms with Crippen molar-refractivity contribution in [3.05, 3.63) is 33.9 Å². The first-order chi connectivity index (χ1) is 10.0. The van der Waals surface area contributed by atoms with Crippen molar-refractivity contribution in [2.24, 2.45) is 0 Å². The molecule has 4 nitrogen and oxygen atoms in total. The molecule has 1 unspecified atom stereocenters. The smallest absolute Gasteiger partial charge is 0.315 e. The molecule has 3 rings (SSSR count). The number of H-pyrrole nitrogens is 1. The normalized spacial score (nSPS) is 17.0. The summed E-state index contributed by atoms with van der Waals surface area (Å²) in [6.07, 6.45) is 3.14. The molecular formula is C16H21BrClN3O. The van der Waals surface area contributed by atoms with Gasteiger partial charge in [-0.15, -0.1) is 12.4 Å². The van der Waals surface area contributed by atoms with E-state index in [1.165, 1.54) is 10.9 Å². The molecule has 1 aliphatic carbocycles. The molecule has 0 aliphatic heterocycles. The van der Waals surface area contributed by atoms with Gasteiger partial charge in [-0.2, -0.15) is 0 Å². The second-order valence-electron chi connectivity index (χ2n) is 5.92. The molecule has 22 heavy (non-hydrogen) atoms. The minimum Gasteiger partial charge on any atom is -0.356 e. The third kappa shape index (κ3) is 3.41. The molecular weight excluding hydrogens is 366 g/mol. The van der Waals surface area contributed by atoms with Crippen molar-refractivity contribution in [3.63, 3.8) is 0 Å². The summed E-state index contributed by atoms with van der Waals surface area (Å²) in [4.78, 5) is 15.4. The van der Waals surface area contributed by atoms with E-state index in [2.05, 4.69) is 43.7 Å². The molecule has 0 saturated heterocycles. The molecule has 0 bridgehead atoms. The van der Waals surface area contributed by atoms with Crippen molar-refractivity contribution in [1.82, 2.24) is 15.6 Å². The van der Waals surface area contributed by atoms with Crippen LogP contribution in [-0.4, -0.2) is 17.1 Å². The van der Waals surface area contributed by atoms with E-state index in [1.54, 1.807) is 0 Å². The van der Waals surface area contributed by atoms with Crippen LogP contribution in [0.5, 0.6) is 0 Å². The number of aromatic nitrogens is 1. The average Bonchev–Trinajstić information content (AvgIpc) is 2.77. The fraction of sp³-hybridized carbons (Fsp3) is 0.438. The molecule has 0 radical (unpaired) electrons. The number of carbonyl (C=O) groups is 1. The minimum absolute atomic E-state index is 0. The van der Waals surface area contributed by atoms with E-state index < -0.39 is 0 Å². The SMILES string of the molecule is CC(C)NC(=O)NC1CCCc2c1[nH]c1ccc(Br)cc21.Cl. The maximum Gasteiger partial charge on any atom is 0.315 e. The number of urea groups is 1. The second kappa shape index (κ2) is 6.92. The highest BCUT2D eigenvalue weighted by atomic mass is 79.9. The largest absolute Gasteiger partial charge is 0.356 e. The van der Waals surface area contributed by atoms with Gasteiger partial charge in [0.1, 0.15) is 0 Å². The quantitative estimate of drug-likeness (QED) is 0.702. The lowest BCUT2D eigenvalue weighted by molar-refractivity contribution is 0.233. The Kier molecular flexibility index (Phi) is 5.40. The number of aromatic amines is 1. The van der Waals surface area contributed by atoms with Crippen LogP contribution in [0, 0.1) is 0 Å². The number of hydrogen-bond acceptors (Lipinski definition) is 1. The predicted octanol–water partition coefficient (Wildman–Crippen LogP) is 4.44. The Hall–Kier alpha value is -1.20. The van der Waals surface area contributed by atoms with Crippen LogP contribution >= 0.6 is 28.3 Å². The van der Waals surface area contributed by atoms with E-state index >= 15 is 0 Å². The first kappa shape index (κ1) is 17.2. The summed E-state index contributed by atoms with van der Waals surface area (Å²) in [6, 6.07) is 6.40. The summed E-state index contributed by atoms with van der Waals surface area (Å²) in [5, 5.41) is 7.24. The summed E-state index contributed by atoms with van der Waals surface area (Å²) >= 11 is 3.53. The van der Waals surface area contributed by atoms with Gasteiger partial charge in [0.2, 0.25) is 0 Å². The zero-order chi connectivity index (χ0) is 15.0. The lowest BCUT2D eigenvalue weighted by Crippen LogP contribution is -2.42. The fourth-order valence-electron chi connectivity index (χ4n) is 3.04. The number of amides is 2. The van der Waals surface area contributed by atoms with Crippen LogP contribution < -0.4 is 10.6 Å². The van der Waals surface area contributed by atoms with Gasteiger partial charge < -0.3 is 15.6 Å². The van der Waals surface area contributed by atoms with Crippen molar-refractivity contribution >= 4 is 45.3 Å². The van der Waals surface area contributed by atoms with Gasteiger partial charge in [-0.25, -0.2) is 4.79 Å². The van der Waals surface area contributed by atoms with E-state index in [0.29, 0.717) is 0 Å². The van der Waals surface area contributed by atoms with Crippen molar-refractivity contribution < 1.29 is 4.79 Å². The Morgan fingerprint density at radius 2 is 2.18 bits per heavy atom. The highest BCUT2D eigenvalue weighted by Crippen LogP contribution is 2.35. The molecule has 1 aromatic heterocycles. The fourth-order valence-corrected chi connectivity index (χ4v) is 3.40. The Labute approximate surface area is 145 Å². The number of halogens is 2. The van der Waals surface area contributed by atoms with E-state index in [1.807, 2.05) is 19.9 Å². The van der Waals surface area contributed by atoms with Gasteiger partial charge in [-0.1, -0.05) is 15.9 Å². The van der Waals surface area contributed by atoms with Gasteiger partial charge in [0, 0.05) is 27.1 Å². The molecule has 120 valence electrons. The number of rotatable bonds is 2. The van der Waals surface area contributed by atoms with Crippen molar-refractivity contribution in [3.8, 4) is 0 Å². The van der Waals surface area contributed by atoms with E-state index in [-0.39, 0.29) is 30.5 Å². The number of nitrogens with one attached hydrogen (secondary N) is 3. The maximum absolute atomic E-state index is 12.0. The molecule has 0 fully saturated rings. The zero-order valence-electron chi connectivity index (χ0n) is 12.7. The monoisotopic (exact) mass is 385 g/mol. The molecule has 1 aliphatic rings. The first-order valence-corrected chi connectivity index (χ1v) is 8.21. The predicted molar refractivity (Wildman–Crippen MR) is 95.7 cm³/mol. The summed E-state index contributed by atoms with van der Waals surface area (Å²) in [7, 11) is 0. The van der Waals surface area contributed by atoms with Crippen LogP contribution in [0.4, 0.5) is 4.79 Å². The van der Waals surface area contributed by atoms with Crippen molar-refractivity contribution in [1.29, 1.82) is 0 Å². The summed E-state index contributed by atoms with van der Waals surface area (Å²) in [5.74, 6) is 0. The molecule has 1 atom stereocenters. The summed E-state index contributed by atoms with van der Waals surface area (Å²) in [5.41, 5.74) is 3.64. The highest BCUT2D eigenvalue weighted by molar-refractivity contribution is 9.10. The topological polar surface area (TPSA) is 56.9 Å². The van der Waals surface area contributed by atoms with E-state index in [9.17, 15) is 4.79 Å². The molecule has 0 saturated carbocycles. The summed E-state index contributed by atoms with van der Waals surface area (Å²) in [6.45, 7) is 3.93. The van der Waals surface area contributed by atoms with Crippen LogP contribution in [0.3, 0.4) is 0 Å². The lowest BCUT2D eigenvalue weighted by atomic mass is 9.92. The number of aryl methyl sites for hydroxylation is 1.